The number of hydrogen-bond donors (Lipinski definition) is 2. The van der Waals surface area contributed by atoms with Crippen LogP contribution in [0.4, 0.5) is 5.69 Å². The molecule has 0 aliphatic carbocycles. The average Bonchev–Trinajstić information content (AvgIpc) is 2.28. The molecule has 0 saturated carbocycles. The molecule has 0 bridgehead atoms. The van der Waals surface area contributed by atoms with E-state index in [2.05, 4.69) is 0 Å². The van der Waals surface area contributed by atoms with Gasteiger partial charge in [-0.05, 0) is 52.1 Å². The molecule has 0 aliphatic rings. The number of nitrogen functional groups attached to an aromatic ring is 1. The number of aliphatic hydroxyl groups excluding tert-OH is 1. The van der Waals surface area contributed by atoms with Crippen molar-refractivity contribution in [2.24, 2.45) is 0 Å². The first-order valence-corrected chi connectivity index (χ1v) is 6.29. The second-order valence-corrected chi connectivity index (χ2v) is 5.07. The number of benzene rings is 1. The van der Waals surface area contributed by atoms with Gasteiger partial charge in [-0.25, -0.2) is 0 Å². The molecule has 4 nitrogen and oxygen atoms in total. The summed E-state index contributed by atoms with van der Waals surface area (Å²) in [7, 11) is 3.97. The molecule has 0 spiro atoms. The van der Waals surface area contributed by atoms with Crippen molar-refractivity contribution >= 4 is 5.69 Å². The van der Waals surface area contributed by atoms with Gasteiger partial charge in [-0.15, -0.1) is 0 Å². The molecule has 0 aromatic heterocycles. The number of anilines is 1. The van der Waals surface area contributed by atoms with E-state index in [0.29, 0.717) is 17.9 Å². The maximum atomic E-state index is 10.0. The van der Waals surface area contributed by atoms with Gasteiger partial charge in [-0.2, -0.15) is 0 Å². The molecule has 18 heavy (non-hydrogen) atoms. The van der Waals surface area contributed by atoms with Gasteiger partial charge in [0.05, 0.1) is 17.9 Å². The van der Waals surface area contributed by atoms with Crippen molar-refractivity contribution < 1.29 is 9.84 Å². The zero-order chi connectivity index (χ0) is 13.7. The molecule has 1 atom stereocenters. The van der Waals surface area contributed by atoms with Crippen molar-refractivity contribution in [2.45, 2.75) is 32.5 Å². The highest BCUT2D eigenvalue weighted by atomic mass is 16.5. The van der Waals surface area contributed by atoms with E-state index in [1.54, 1.807) is 6.07 Å². The number of aliphatic hydroxyl groups is 1. The smallest absolute Gasteiger partial charge is 0.142 e. The minimum atomic E-state index is -0.484. The third-order valence-corrected chi connectivity index (χ3v) is 2.63. The summed E-state index contributed by atoms with van der Waals surface area (Å²) >= 11 is 0. The van der Waals surface area contributed by atoms with E-state index >= 15 is 0 Å². The number of hydrogen-bond acceptors (Lipinski definition) is 4. The van der Waals surface area contributed by atoms with Gasteiger partial charge in [0.2, 0.25) is 0 Å². The van der Waals surface area contributed by atoms with Crippen molar-refractivity contribution in [2.75, 3.05) is 26.4 Å². The Morgan fingerprint density at radius 2 is 2.00 bits per heavy atom. The summed E-state index contributed by atoms with van der Waals surface area (Å²) < 4.78 is 5.56. The van der Waals surface area contributed by atoms with Gasteiger partial charge in [-0.3, -0.25) is 0 Å². The molecule has 1 rings (SSSR count). The zero-order valence-corrected chi connectivity index (χ0v) is 11.7. The first-order valence-electron chi connectivity index (χ1n) is 6.29. The summed E-state index contributed by atoms with van der Waals surface area (Å²) in [6.45, 7) is 4.75. The molecular formula is C14H24N2O2. The molecule has 1 unspecified atom stereocenters. The van der Waals surface area contributed by atoms with Crippen molar-refractivity contribution in [1.82, 2.24) is 4.90 Å². The molecule has 0 heterocycles. The van der Waals surface area contributed by atoms with E-state index in [1.165, 1.54) is 0 Å². The van der Waals surface area contributed by atoms with Crippen LogP contribution in [0.5, 0.6) is 5.75 Å². The Kier molecular flexibility index (Phi) is 5.44. The predicted octanol–water partition coefficient (Wildman–Crippen LogP) is 2.04. The van der Waals surface area contributed by atoms with Crippen LogP contribution in [0, 0.1) is 0 Å². The SMILES string of the molecule is CC(C)Oc1ccc(C(O)CCN(C)C)cc1N. The lowest BCUT2D eigenvalue weighted by molar-refractivity contribution is 0.154. The summed E-state index contributed by atoms with van der Waals surface area (Å²) in [5.74, 6) is 0.675. The Hall–Kier alpha value is -1.26. The van der Waals surface area contributed by atoms with Crippen LogP contribution < -0.4 is 10.5 Å². The number of nitrogens with zero attached hydrogens (tertiary/aromatic N) is 1. The van der Waals surface area contributed by atoms with Gasteiger partial charge in [0.25, 0.3) is 0 Å². The Morgan fingerprint density at radius 1 is 1.33 bits per heavy atom. The van der Waals surface area contributed by atoms with Gasteiger partial charge in [0, 0.05) is 6.54 Å². The van der Waals surface area contributed by atoms with Crippen molar-refractivity contribution in [3.63, 3.8) is 0 Å². The van der Waals surface area contributed by atoms with Gasteiger partial charge < -0.3 is 20.5 Å². The second kappa shape index (κ2) is 6.61. The lowest BCUT2D eigenvalue weighted by Gasteiger charge is -2.17. The zero-order valence-electron chi connectivity index (χ0n) is 11.7. The molecule has 1 aromatic rings. The summed E-state index contributed by atoms with van der Waals surface area (Å²) in [6, 6.07) is 5.48. The van der Waals surface area contributed by atoms with E-state index < -0.39 is 6.10 Å². The van der Waals surface area contributed by atoms with Crippen LogP contribution in [0.3, 0.4) is 0 Å². The van der Waals surface area contributed by atoms with Crippen LogP contribution >= 0.6 is 0 Å². The molecule has 0 radical (unpaired) electrons. The third kappa shape index (κ3) is 4.55. The van der Waals surface area contributed by atoms with Gasteiger partial charge in [-0.1, -0.05) is 6.07 Å². The lowest BCUT2D eigenvalue weighted by Crippen LogP contribution is -2.16. The molecule has 3 N–H and O–H groups in total. The van der Waals surface area contributed by atoms with E-state index in [1.807, 2.05) is 45.0 Å². The molecule has 0 saturated heterocycles. The maximum absolute atomic E-state index is 10.0. The van der Waals surface area contributed by atoms with Gasteiger partial charge >= 0.3 is 0 Å². The second-order valence-electron chi connectivity index (χ2n) is 5.07. The van der Waals surface area contributed by atoms with Crippen LogP contribution in [-0.2, 0) is 0 Å². The van der Waals surface area contributed by atoms with Crippen molar-refractivity contribution in [1.29, 1.82) is 0 Å². The van der Waals surface area contributed by atoms with E-state index in [-0.39, 0.29) is 6.10 Å². The highest BCUT2D eigenvalue weighted by Crippen LogP contribution is 2.27. The molecule has 1 aromatic carbocycles. The molecular weight excluding hydrogens is 228 g/mol. The maximum Gasteiger partial charge on any atom is 0.142 e. The lowest BCUT2D eigenvalue weighted by atomic mass is 10.1. The summed E-state index contributed by atoms with van der Waals surface area (Å²) in [5.41, 5.74) is 7.33. The predicted molar refractivity (Wildman–Crippen MR) is 74.7 cm³/mol. The molecule has 102 valence electrons. The Balaban J connectivity index is 2.71. The quantitative estimate of drug-likeness (QED) is 0.761. The van der Waals surface area contributed by atoms with Crippen LogP contribution in [0.15, 0.2) is 18.2 Å². The summed E-state index contributed by atoms with van der Waals surface area (Å²) in [5, 5.41) is 10.0. The minimum Gasteiger partial charge on any atom is -0.489 e. The van der Waals surface area contributed by atoms with Crippen molar-refractivity contribution in [3.8, 4) is 5.75 Å². The van der Waals surface area contributed by atoms with Crippen molar-refractivity contribution in [3.05, 3.63) is 23.8 Å². The normalized spacial score (nSPS) is 13.1. The Labute approximate surface area is 109 Å². The van der Waals surface area contributed by atoms with E-state index in [4.69, 9.17) is 10.5 Å². The van der Waals surface area contributed by atoms with E-state index in [0.717, 1.165) is 12.1 Å². The highest BCUT2D eigenvalue weighted by molar-refractivity contribution is 5.54. The fourth-order valence-electron chi connectivity index (χ4n) is 1.68. The van der Waals surface area contributed by atoms with Crippen LogP contribution in [-0.4, -0.2) is 36.8 Å². The summed E-state index contributed by atoms with van der Waals surface area (Å²) in [4.78, 5) is 2.04. The first kappa shape index (κ1) is 14.8. The Bertz CT molecular complexity index is 378. The van der Waals surface area contributed by atoms with Gasteiger partial charge in [0.1, 0.15) is 5.75 Å². The minimum absolute atomic E-state index is 0.0943. The van der Waals surface area contributed by atoms with E-state index in [9.17, 15) is 5.11 Å². The number of nitrogens with two attached hydrogens (primary N) is 1. The standard InChI is InChI=1S/C14H24N2O2/c1-10(2)18-14-6-5-11(9-12(14)15)13(17)7-8-16(3)4/h5-6,9-10,13,17H,7-8,15H2,1-4H3. The molecule has 0 fully saturated rings. The number of rotatable bonds is 6. The largest absolute Gasteiger partial charge is 0.489 e. The third-order valence-electron chi connectivity index (χ3n) is 2.63. The number of ether oxygens (including phenoxy) is 1. The topological polar surface area (TPSA) is 58.7 Å². The molecule has 0 amide bonds. The molecule has 4 heteroatoms. The molecule has 0 aliphatic heterocycles. The first-order chi connectivity index (χ1) is 8.40. The fourth-order valence-corrected chi connectivity index (χ4v) is 1.68. The highest BCUT2D eigenvalue weighted by Gasteiger charge is 2.11. The Morgan fingerprint density at radius 3 is 2.50 bits per heavy atom. The fraction of sp³-hybridized carbons (Fsp3) is 0.571. The van der Waals surface area contributed by atoms with Crippen LogP contribution in [0.1, 0.15) is 31.9 Å². The van der Waals surface area contributed by atoms with Crippen LogP contribution in [0.25, 0.3) is 0 Å². The van der Waals surface area contributed by atoms with Crippen LogP contribution in [0.2, 0.25) is 0 Å². The summed E-state index contributed by atoms with van der Waals surface area (Å²) in [6.07, 6.45) is 0.302. The van der Waals surface area contributed by atoms with Gasteiger partial charge in [0.15, 0.2) is 0 Å². The monoisotopic (exact) mass is 252 g/mol. The average molecular weight is 252 g/mol.